The van der Waals surface area contributed by atoms with Crippen LogP contribution in [0.25, 0.3) is 0 Å². The minimum absolute atomic E-state index is 0.166. The number of hydrogen-bond acceptors (Lipinski definition) is 5. The van der Waals surface area contributed by atoms with E-state index in [0.717, 1.165) is 6.42 Å². The van der Waals surface area contributed by atoms with E-state index in [1.54, 1.807) is 29.2 Å². The summed E-state index contributed by atoms with van der Waals surface area (Å²) in [5.74, 6) is 0.0319. The molecule has 154 valence electrons. The lowest BCUT2D eigenvalue weighted by atomic mass is 9.97. The standard InChI is InChI=1S/C22H20FN3O4/c23-16-5-8-18(9-6-16)30-20-10-7-17(13-24-20)25-21(27)15-3-1-11-26(14-15)22(28)19-4-2-12-29-19/h2,4-10,12-13,15H,1,3,11,14H2,(H,25,27). The molecule has 1 fully saturated rings. The zero-order valence-electron chi connectivity index (χ0n) is 16.1. The molecule has 0 spiro atoms. The van der Waals surface area contributed by atoms with Gasteiger partial charge in [0.1, 0.15) is 11.6 Å². The highest BCUT2D eigenvalue weighted by Crippen LogP contribution is 2.23. The number of amides is 2. The summed E-state index contributed by atoms with van der Waals surface area (Å²) in [7, 11) is 0. The van der Waals surface area contributed by atoms with Crippen LogP contribution in [0.4, 0.5) is 10.1 Å². The lowest BCUT2D eigenvalue weighted by molar-refractivity contribution is -0.121. The molecule has 0 bridgehead atoms. The number of ether oxygens (including phenoxy) is 1. The van der Waals surface area contributed by atoms with Crippen LogP contribution < -0.4 is 10.1 Å². The number of piperidine rings is 1. The minimum atomic E-state index is -0.347. The largest absolute Gasteiger partial charge is 0.459 e. The number of carbonyl (C=O) groups is 2. The van der Waals surface area contributed by atoms with Crippen LogP contribution in [0.1, 0.15) is 23.4 Å². The van der Waals surface area contributed by atoms with E-state index in [1.807, 2.05) is 0 Å². The van der Waals surface area contributed by atoms with Crippen molar-refractivity contribution in [3.8, 4) is 11.6 Å². The molecule has 3 heterocycles. The second kappa shape index (κ2) is 8.77. The first kappa shape index (κ1) is 19.6. The van der Waals surface area contributed by atoms with E-state index >= 15 is 0 Å². The Balaban J connectivity index is 1.34. The molecule has 1 atom stereocenters. The number of nitrogens with zero attached hydrogens (tertiary/aromatic N) is 2. The monoisotopic (exact) mass is 409 g/mol. The Morgan fingerprint density at radius 1 is 1.17 bits per heavy atom. The predicted octanol–water partition coefficient (Wildman–Crippen LogP) is 4.10. The Bertz CT molecular complexity index is 1000. The Kier molecular flexibility index (Phi) is 5.74. The van der Waals surface area contributed by atoms with Gasteiger partial charge >= 0.3 is 0 Å². The maximum absolute atomic E-state index is 13.0. The van der Waals surface area contributed by atoms with Crippen molar-refractivity contribution in [2.24, 2.45) is 5.92 Å². The normalized spacial score (nSPS) is 16.2. The first-order valence-corrected chi connectivity index (χ1v) is 9.61. The van der Waals surface area contributed by atoms with Crippen molar-refractivity contribution < 1.29 is 23.1 Å². The summed E-state index contributed by atoms with van der Waals surface area (Å²) in [6, 6.07) is 12.2. The van der Waals surface area contributed by atoms with Crippen LogP contribution in [0.15, 0.2) is 65.4 Å². The van der Waals surface area contributed by atoms with Gasteiger partial charge in [-0.2, -0.15) is 0 Å². The van der Waals surface area contributed by atoms with Crippen molar-refractivity contribution in [2.75, 3.05) is 18.4 Å². The molecule has 1 aliphatic rings. The third-order valence-corrected chi connectivity index (χ3v) is 4.85. The van der Waals surface area contributed by atoms with Crippen LogP contribution >= 0.6 is 0 Å². The van der Waals surface area contributed by atoms with Gasteiger partial charge in [-0.25, -0.2) is 9.37 Å². The molecule has 1 saturated heterocycles. The SMILES string of the molecule is O=C(Nc1ccc(Oc2ccc(F)cc2)nc1)C1CCCN(C(=O)c2ccco2)C1. The first-order valence-electron chi connectivity index (χ1n) is 9.61. The molecular formula is C22H20FN3O4. The molecule has 2 amide bonds. The summed E-state index contributed by atoms with van der Waals surface area (Å²) < 4.78 is 23.7. The second-order valence-electron chi connectivity index (χ2n) is 7.00. The fourth-order valence-corrected chi connectivity index (χ4v) is 3.31. The fourth-order valence-electron chi connectivity index (χ4n) is 3.31. The molecule has 1 N–H and O–H groups in total. The smallest absolute Gasteiger partial charge is 0.289 e. The molecule has 3 aromatic rings. The average Bonchev–Trinajstić information content (AvgIpc) is 3.31. The number of aromatic nitrogens is 1. The number of benzene rings is 1. The molecule has 0 saturated carbocycles. The van der Waals surface area contributed by atoms with Gasteiger partial charge in [-0.15, -0.1) is 0 Å². The molecule has 2 aromatic heterocycles. The quantitative estimate of drug-likeness (QED) is 0.686. The van der Waals surface area contributed by atoms with Crippen molar-refractivity contribution in [2.45, 2.75) is 12.8 Å². The molecule has 7 nitrogen and oxygen atoms in total. The topological polar surface area (TPSA) is 84.7 Å². The lowest BCUT2D eigenvalue weighted by Gasteiger charge is -2.31. The van der Waals surface area contributed by atoms with Gasteiger partial charge in [0.2, 0.25) is 11.8 Å². The van der Waals surface area contributed by atoms with E-state index in [4.69, 9.17) is 9.15 Å². The maximum Gasteiger partial charge on any atom is 0.289 e. The molecule has 30 heavy (non-hydrogen) atoms. The molecule has 8 heteroatoms. The summed E-state index contributed by atoms with van der Waals surface area (Å²) in [6.45, 7) is 0.935. The first-order chi connectivity index (χ1) is 14.6. The molecule has 1 unspecified atom stereocenters. The number of halogens is 1. The Hall–Kier alpha value is -3.68. The highest BCUT2D eigenvalue weighted by molar-refractivity contribution is 5.94. The van der Waals surface area contributed by atoms with E-state index in [9.17, 15) is 14.0 Å². The Morgan fingerprint density at radius 3 is 2.70 bits per heavy atom. The maximum atomic E-state index is 13.0. The predicted molar refractivity (Wildman–Crippen MR) is 107 cm³/mol. The number of carbonyl (C=O) groups excluding carboxylic acids is 2. The van der Waals surface area contributed by atoms with Crippen LogP contribution in [-0.4, -0.2) is 34.8 Å². The Morgan fingerprint density at radius 2 is 2.00 bits per heavy atom. The number of nitrogens with one attached hydrogen (secondary N) is 1. The Labute approximate surface area is 172 Å². The van der Waals surface area contributed by atoms with Crippen LogP contribution in [0.2, 0.25) is 0 Å². The van der Waals surface area contributed by atoms with E-state index < -0.39 is 0 Å². The van der Waals surface area contributed by atoms with Crippen LogP contribution in [0.5, 0.6) is 11.6 Å². The number of anilines is 1. The van der Waals surface area contributed by atoms with Crippen LogP contribution in [-0.2, 0) is 4.79 Å². The summed E-state index contributed by atoms with van der Waals surface area (Å²) in [6.07, 6.45) is 4.39. The summed E-state index contributed by atoms with van der Waals surface area (Å²) in [5.41, 5.74) is 0.529. The number of likely N-dealkylation sites (tertiary alicyclic amines) is 1. The number of pyridine rings is 1. The summed E-state index contributed by atoms with van der Waals surface area (Å²) in [5, 5.41) is 2.84. The third kappa shape index (κ3) is 4.65. The van der Waals surface area contributed by atoms with E-state index in [0.29, 0.717) is 36.8 Å². The zero-order valence-corrected chi connectivity index (χ0v) is 16.1. The van der Waals surface area contributed by atoms with Crippen molar-refractivity contribution in [1.82, 2.24) is 9.88 Å². The molecule has 0 aliphatic carbocycles. The highest BCUT2D eigenvalue weighted by atomic mass is 19.1. The molecular weight excluding hydrogens is 389 g/mol. The van der Waals surface area contributed by atoms with Gasteiger partial charge in [-0.05, 0) is 55.3 Å². The van der Waals surface area contributed by atoms with Gasteiger partial charge < -0.3 is 19.4 Å². The summed E-state index contributed by atoms with van der Waals surface area (Å²) in [4.78, 5) is 30.9. The highest BCUT2D eigenvalue weighted by Gasteiger charge is 2.30. The second-order valence-corrected chi connectivity index (χ2v) is 7.00. The van der Waals surface area contributed by atoms with E-state index in [-0.39, 0.29) is 29.3 Å². The van der Waals surface area contributed by atoms with E-state index in [1.165, 1.54) is 36.7 Å². The van der Waals surface area contributed by atoms with Crippen LogP contribution in [0.3, 0.4) is 0 Å². The van der Waals surface area contributed by atoms with Gasteiger partial charge in [-0.1, -0.05) is 0 Å². The average molecular weight is 409 g/mol. The number of hydrogen-bond donors (Lipinski definition) is 1. The van der Waals surface area contributed by atoms with Crippen LogP contribution in [0, 0.1) is 11.7 Å². The minimum Gasteiger partial charge on any atom is -0.459 e. The van der Waals surface area contributed by atoms with Gasteiger partial charge in [0.05, 0.1) is 24.1 Å². The van der Waals surface area contributed by atoms with Crippen molar-refractivity contribution in [3.05, 3.63) is 72.6 Å². The van der Waals surface area contributed by atoms with Crippen molar-refractivity contribution >= 4 is 17.5 Å². The lowest BCUT2D eigenvalue weighted by Crippen LogP contribution is -2.43. The van der Waals surface area contributed by atoms with Gasteiger partial charge in [0.15, 0.2) is 5.76 Å². The molecule has 4 rings (SSSR count). The zero-order chi connectivity index (χ0) is 20.9. The number of furan rings is 1. The van der Waals surface area contributed by atoms with Gasteiger partial charge in [0, 0.05) is 19.2 Å². The van der Waals surface area contributed by atoms with Crippen molar-refractivity contribution in [3.63, 3.8) is 0 Å². The van der Waals surface area contributed by atoms with Gasteiger partial charge in [-0.3, -0.25) is 9.59 Å². The van der Waals surface area contributed by atoms with Gasteiger partial charge in [0.25, 0.3) is 5.91 Å². The third-order valence-electron chi connectivity index (χ3n) is 4.85. The molecule has 0 radical (unpaired) electrons. The summed E-state index contributed by atoms with van der Waals surface area (Å²) >= 11 is 0. The fraction of sp³-hybridized carbons (Fsp3) is 0.227. The number of rotatable bonds is 5. The van der Waals surface area contributed by atoms with E-state index in [2.05, 4.69) is 10.3 Å². The molecule has 1 aliphatic heterocycles. The molecule has 1 aromatic carbocycles. The van der Waals surface area contributed by atoms with Crippen molar-refractivity contribution in [1.29, 1.82) is 0 Å².